The summed E-state index contributed by atoms with van der Waals surface area (Å²) in [7, 11) is 0. The fourth-order valence-electron chi connectivity index (χ4n) is 2.11. The molecule has 3 N–H and O–H groups in total. The van der Waals surface area contributed by atoms with Crippen LogP contribution in [0.15, 0.2) is 0 Å². The predicted molar refractivity (Wildman–Crippen MR) is 57.6 cm³/mol. The summed E-state index contributed by atoms with van der Waals surface area (Å²) in [4.78, 5) is 7.67. The van der Waals surface area contributed by atoms with Gasteiger partial charge in [-0.05, 0) is 19.4 Å². The first kappa shape index (κ1) is 9.99. The molecule has 0 bridgehead atoms. The van der Waals surface area contributed by atoms with Crippen molar-refractivity contribution >= 4 is 11.6 Å². The van der Waals surface area contributed by atoms with Crippen LogP contribution in [0.25, 0.3) is 0 Å². The van der Waals surface area contributed by atoms with E-state index in [4.69, 9.17) is 17.3 Å². The molecule has 0 amide bonds. The summed E-state index contributed by atoms with van der Waals surface area (Å²) in [6, 6.07) is 0. The van der Waals surface area contributed by atoms with Crippen LogP contribution < -0.4 is 5.73 Å². The number of nitrogens with zero attached hydrogens (tertiary/aromatic N) is 1. The van der Waals surface area contributed by atoms with Crippen molar-refractivity contribution in [1.29, 1.82) is 0 Å². The van der Waals surface area contributed by atoms with E-state index in [1.54, 1.807) is 0 Å². The van der Waals surface area contributed by atoms with Gasteiger partial charge in [0, 0.05) is 12.3 Å². The average Bonchev–Trinajstić information content (AvgIpc) is 2.76. The van der Waals surface area contributed by atoms with Crippen molar-refractivity contribution in [3.05, 3.63) is 16.7 Å². The van der Waals surface area contributed by atoms with Gasteiger partial charge >= 0.3 is 0 Å². The van der Waals surface area contributed by atoms with Gasteiger partial charge in [-0.15, -0.1) is 0 Å². The van der Waals surface area contributed by atoms with Crippen molar-refractivity contribution in [3.8, 4) is 0 Å². The maximum atomic E-state index is 6.00. The number of H-pyrrole nitrogens is 1. The molecule has 0 aromatic carbocycles. The number of rotatable bonds is 3. The van der Waals surface area contributed by atoms with Gasteiger partial charge in [0.2, 0.25) is 0 Å². The van der Waals surface area contributed by atoms with Gasteiger partial charge in [-0.1, -0.05) is 24.4 Å². The molecular weight excluding hydrogens is 198 g/mol. The molecule has 14 heavy (non-hydrogen) atoms. The van der Waals surface area contributed by atoms with Gasteiger partial charge in [-0.3, -0.25) is 0 Å². The van der Waals surface area contributed by atoms with Crippen molar-refractivity contribution in [2.45, 2.75) is 38.0 Å². The Balaban J connectivity index is 2.14. The van der Waals surface area contributed by atoms with Crippen LogP contribution in [0.1, 0.15) is 43.1 Å². The third-order valence-electron chi connectivity index (χ3n) is 2.88. The minimum atomic E-state index is 0.596. The largest absolute Gasteiger partial charge is 0.344 e. The first-order chi connectivity index (χ1) is 6.81. The van der Waals surface area contributed by atoms with Crippen molar-refractivity contribution in [3.63, 3.8) is 0 Å². The standard InChI is InChI=1S/C10H16ClN3/c11-9-8(5-6-12)13-10(14-9)7-3-1-2-4-7/h7H,1-6,12H2,(H,13,14). The molecule has 1 fully saturated rings. The molecule has 0 spiro atoms. The van der Waals surface area contributed by atoms with Crippen molar-refractivity contribution in [2.75, 3.05) is 6.54 Å². The van der Waals surface area contributed by atoms with Gasteiger partial charge in [-0.2, -0.15) is 0 Å². The van der Waals surface area contributed by atoms with Gasteiger partial charge in [0.15, 0.2) is 0 Å². The Morgan fingerprint density at radius 3 is 2.79 bits per heavy atom. The SMILES string of the molecule is NCCc1[nH]c(C2CCCC2)nc1Cl. The first-order valence-corrected chi connectivity index (χ1v) is 5.63. The van der Waals surface area contributed by atoms with Crippen molar-refractivity contribution < 1.29 is 0 Å². The van der Waals surface area contributed by atoms with Crippen LogP contribution in [0.2, 0.25) is 5.15 Å². The third kappa shape index (κ3) is 1.93. The van der Waals surface area contributed by atoms with Crippen LogP contribution >= 0.6 is 11.6 Å². The lowest BCUT2D eigenvalue weighted by molar-refractivity contribution is 0.676. The number of aromatic amines is 1. The van der Waals surface area contributed by atoms with E-state index in [2.05, 4.69) is 9.97 Å². The van der Waals surface area contributed by atoms with Gasteiger partial charge in [0.1, 0.15) is 11.0 Å². The van der Waals surface area contributed by atoms with Crippen LogP contribution in [-0.2, 0) is 6.42 Å². The van der Waals surface area contributed by atoms with Crippen molar-refractivity contribution in [2.24, 2.45) is 5.73 Å². The molecular formula is C10H16ClN3. The molecule has 0 aliphatic heterocycles. The molecule has 1 aromatic heterocycles. The molecule has 0 atom stereocenters. The number of nitrogens with one attached hydrogen (secondary N) is 1. The lowest BCUT2D eigenvalue weighted by Crippen LogP contribution is -2.03. The normalized spacial score (nSPS) is 17.9. The Labute approximate surface area is 89.1 Å². The maximum absolute atomic E-state index is 6.00. The molecule has 1 aliphatic carbocycles. The molecule has 1 aromatic rings. The van der Waals surface area contributed by atoms with E-state index < -0.39 is 0 Å². The predicted octanol–water partition coefficient (Wildman–Crippen LogP) is 2.22. The van der Waals surface area contributed by atoms with Crippen LogP contribution in [0.4, 0.5) is 0 Å². The van der Waals surface area contributed by atoms with E-state index in [1.807, 2.05) is 0 Å². The lowest BCUT2D eigenvalue weighted by Gasteiger charge is -2.03. The number of hydrogen-bond donors (Lipinski definition) is 2. The monoisotopic (exact) mass is 213 g/mol. The van der Waals surface area contributed by atoms with E-state index in [0.717, 1.165) is 17.9 Å². The summed E-state index contributed by atoms with van der Waals surface area (Å²) in [5.41, 5.74) is 6.48. The number of hydrogen-bond acceptors (Lipinski definition) is 2. The minimum absolute atomic E-state index is 0.596. The molecule has 1 aliphatic rings. The van der Waals surface area contributed by atoms with Gasteiger partial charge in [-0.25, -0.2) is 4.98 Å². The molecule has 78 valence electrons. The van der Waals surface area contributed by atoms with E-state index in [9.17, 15) is 0 Å². The zero-order valence-corrected chi connectivity index (χ0v) is 8.98. The van der Waals surface area contributed by atoms with Gasteiger partial charge in [0.05, 0.1) is 5.69 Å². The van der Waals surface area contributed by atoms with E-state index >= 15 is 0 Å². The Bertz CT molecular complexity index is 302. The Kier molecular flexibility index (Phi) is 3.08. The first-order valence-electron chi connectivity index (χ1n) is 5.25. The third-order valence-corrected chi connectivity index (χ3v) is 3.20. The summed E-state index contributed by atoms with van der Waals surface area (Å²) in [6.45, 7) is 0.617. The van der Waals surface area contributed by atoms with Gasteiger partial charge in [0.25, 0.3) is 0 Å². The summed E-state index contributed by atoms with van der Waals surface area (Å²) < 4.78 is 0. The topological polar surface area (TPSA) is 54.7 Å². The zero-order chi connectivity index (χ0) is 9.97. The second kappa shape index (κ2) is 4.32. The second-order valence-electron chi connectivity index (χ2n) is 3.91. The average molecular weight is 214 g/mol. The highest BCUT2D eigenvalue weighted by Gasteiger charge is 2.21. The Morgan fingerprint density at radius 1 is 1.43 bits per heavy atom. The number of halogens is 1. The highest BCUT2D eigenvalue weighted by Crippen LogP contribution is 2.33. The molecule has 1 heterocycles. The van der Waals surface area contributed by atoms with E-state index in [-0.39, 0.29) is 0 Å². The summed E-state index contributed by atoms with van der Waals surface area (Å²) in [6.07, 6.45) is 5.90. The summed E-state index contributed by atoms with van der Waals surface area (Å²) >= 11 is 6.00. The molecule has 1 saturated carbocycles. The fourth-order valence-corrected chi connectivity index (χ4v) is 2.34. The van der Waals surface area contributed by atoms with Crippen LogP contribution in [0.3, 0.4) is 0 Å². The van der Waals surface area contributed by atoms with E-state index in [1.165, 1.54) is 25.7 Å². The smallest absolute Gasteiger partial charge is 0.150 e. The van der Waals surface area contributed by atoms with Crippen molar-refractivity contribution in [1.82, 2.24) is 9.97 Å². The summed E-state index contributed by atoms with van der Waals surface area (Å²) in [5, 5.41) is 0.609. The van der Waals surface area contributed by atoms with Crippen LogP contribution in [0.5, 0.6) is 0 Å². The zero-order valence-electron chi connectivity index (χ0n) is 8.22. The second-order valence-corrected chi connectivity index (χ2v) is 4.27. The molecule has 2 rings (SSSR count). The van der Waals surface area contributed by atoms with Crippen LogP contribution in [0, 0.1) is 0 Å². The van der Waals surface area contributed by atoms with Gasteiger partial charge < -0.3 is 10.7 Å². The number of nitrogens with two attached hydrogens (primary N) is 1. The Hall–Kier alpha value is -0.540. The molecule has 4 heteroatoms. The maximum Gasteiger partial charge on any atom is 0.150 e. The highest BCUT2D eigenvalue weighted by atomic mass is 35.5. The molecule has 0 saturated heterocycles. The highest BCUT2D eigenvalue weighted by molar-refractivity contribution is 6.30. The fraction of sp³-hybridized carbons (Fsp3) is 0.700. The summed E-state index contributed by atoms with van der Waals surface area (Å²) in [5.74, 6) is 1.66. The number of aromatic nitrogens is 2. The minimum Gasteiger partial charge on any atom is -0.344 e. The molecule has 0 unspecified atom stereocenters. The Morgan fingerprint density at radius 2 is 2.14 bits per heavy atom. The van der Waals surface area contributed by atoms with E-state index in [0.29, 0.717) is 17.6 Å². The molecule has 3 nitrogen and oxygen atoms in total. The quantitative estimate of drug-likeness (QED) is 0.809. The lowest BCUT2D eigenvalue weighted by atomic mass is 10.1. The van der Waals surface area contributed by atoms with Crippen LogP contribution in [-0.4, -0.2) is 16.5 Å². The molecule has 0 radical (unpaired) electrons. The number of imidazole rings is 1.